The molecule has 2 unspecified atom stereocenters. The number of aliphatic hydroxyl groups is 1. The minimum atomic E-state index is -3.03. The second kappa shape index (κ2) is 10.9. The number of aromatic amines is 1. The van der Waals surface area contributed by atoms with Crippen molar-refractivity contribution in [1.82, 2.24) is 9.55 Å². The number of aromatic nitrogens is 2. The lowest BCUT2D eigenvalue weighted by Gasteiger charge is -2.25. The highest BCUT2D eigenvalue weighted by Gasteiger charge is 2.59. The number of alkyl halides is 1. The summed E-state index contributed by atoms with van der Waals surface area (Å²) < 4.78 is 36.4. The van der Waals surface area contributed by atoms with Gasteiger partial charge in [-0.1, -0.05) is 23.3 Å². The van der Waals surface area contributed by atoms with Crippen LogP contribution in [0.4, 0.5) is 4.39 Å². The lowest BCUT2D eigenvalue weighted by Crippen LogP contribution is -2.46. The van der Waals surface area contributed by atoms with E-state index in [0.29, 0.717) is 5.02 Å². The first kappa shape index (κ1) is 26.9. The maximum Gasteiger partial charge on any atom is 0.346 e. The van der Waals surface area contributed by atoms with E-state index in [0.717, 1.165) is 23.8 Å². The van der Waals surface area contributed by atoms with Crippen LogP contribution in [0.5, 0.6) is 5.75 Å². The molecule has 1 aliphatic heterocycles. The first-order chi connectivity index (χ1) is 16.4. The largest absolute Gasteiger partial charge is 0.583 e. The monoisotopic (exact) mass is 533 g/mol. The maximum atomic E-state index is 15.6. The molecule has 2 aromatic rings. The fourth-order valence-corrected chi connectivity index (χ4v) is 4.33. The quantitative estimate of drug-likeness (QED) is 0.317. The Bertz CT molecular complexity index is 1200. The summed E-state index contributed by atoms with van der Waals surface area (Å²) >= 11 is 5.86. The topological polar surface area (TPSA) is 175 Å². The predicted molar refractivity (Wildman–Crippen MR) is 119 cm³/mol. The van der Waals surface area contributed by atoms with E-state index in [-0.39, 0.29) is 12.2 Å². The Balaban J connectivity index is 1.97. The van der Waals surface area contributed by atoms with Gasteiger partial charge in [0.1, 0.15) is 11.9 Å². The van der Waals surface area contributed by atoms with E-state index >= 15 is 4.39 Å². The number of ether oxygens (including phenoxy) is 2. The molecule has 0 aliphatic carbocycles. The normalized spacial score (nSPS) is 26.3. The van der Waals surface area contributed by atoms with Gasteiger partial charge in [0.2, 0.25) is 0 Å². The molecule has 0 bridgehead atoms. The number of carboxylic acids is 1. The molecular formula is C20H22ClFN3O9P. The van der Waals surface area contributed by atoms with Crippen LogP contribution in [0.3, 0.4) is 0 Å². The zero-order chi connectivity index (χ0) is 25.9. The van der Waals surface area contributed by atoms with Crippen LogP contribution in [0.25, 0.3) is 0 Å². The van der Waals surface area contributed by atoms with Crippen LogP contribution >= 0.6 is 19.8 Å². The lowest BCUT2D eigenvalue weighted by atomic mass is 9.98. The molecule has 1 fully saturated rings. The number of rotatable bonds is 9. The molecule has 35 heavy (non-hydrogen) atoms. The van der Waals surface area contributed by atoms with Crippen LogP contribution in [-0.4, -0.2) is 55.9 Å². The van der Waals surface area contributed by atoms with Crippen LogP contribution in [0.2, 0.25) is 5.02 Å². The zero-order valence-electron chi connectivity index (χ0n) is 18.4. The fourth-order valence-electron chi connectivity index (χ4n) is 3.32. The van der Waals surface area contributed by atoms with Crippen molar-refractivity contribution in [2.75, 3.05) is 0 Å². The van der Waals surface area contributed by atoms with E-state index in [1.54, 1.807) is 0 Å². The van der Waals surface area contributed by atoms with E-state index in [2.05, 4.69) is 4.74 Å². The highest BCUT2D eigenvalue weighted by atomic mass is 35.5. The number of H-pyrrole nitrogens is 1. The Morgan fingerprint density at radius 3 is 2.63 bits per heavy atom. The zero-order valence-corrected chi connectivity index (χ0v) is 20.1. The summed E-state index contributed by atoms with van der Waals surface area (Å²) in [6.07, 6.45) is -6.13. The van der Waals surface area contributed by atoms with Gasteiger partial charge < -0.3 is 24.6 Å². The van der Waals surface area contributed by atoms with E-state index in [1.165, 1.54) is 31.2 Å². The molecule has 0 spiro atoms. The number of aliphatic carboxylic acids is 1. The molecule has 3 N–H and O–H groups in total. The summed E-state index contributed by atoms with van der Waals surface area (Å²) in [5.74, 6) is -1.23. The molecule has 0 radical (unpaired) electrons. The third-order valence-corrected chi connectivity index (χ3v) is 6.30. The molecular weight excluding hydrogens is 512 g/mol. The second-order valence-corrected chi connectivity index (χ2v) is 9.08. The van der Waals surface area contributed by atoms with Crippen LogP contribution in [0.15, 0.2) is 50.9 Å². The van der Waals surface area contributed by atoms with Gasteiger partial charge in [0.25, 0.3) is 11.8 Å². The number of carboxylic acid groups (broad SMARTS) is 1. The van der Waals surface area contributed by atoms with Gasteiger partial charge in [0, 0.05) is 17.3 Å². The van der Waals surface area contributed by atoms with E-state index < -0.39 is 61.8 Å². The number of nitrogens with one attached hydrogen (secondary N) is 1. The van der Waals surface area contributed by atoms with Crippen LogP contribution in [-0.2, 0) is 14.1 Å². The maximum absolute atomic E-state index is 15.6. The Labute approximate surface area is 203 Å². The van der Waals surface area contributed by atoms with Gasteiger partial charge in [-0.3, -0.25) is 14.3 Å². The van der Waals surface area contributed by atoms with Gasteiger partial charge in [-0.2, -0.15) is 0 Å². The van der Waals surface area contributed by atoms with Gasteiger partial charge in [0.15, 0.2) is 24.0 Å². The smallest absolute Gasteiger partial charge is 0.346 e. The molecule has 7 atom stereocenters. The second-order valence-electron chi connectivity index (χ2n) is 7.73. The molecule has 0 amide bonds. The summed E-state index contributed by atoms with van der Waals surface area (Å²) in [5.41, 5.74) is -4.33. The molecule has 0 saturated carbocycles. The predicted octanol–water partition coefficient (Wildman–Crippen LogP) is 1.32. The van der Waals surface area contributed by atoms with E-state index in [4.69, 9.17) is 30.7 Å². The Morgan fingerprint density at radius 1 is 1.40 bits per heavy atom. The van der Waals surface area contributed by atoms with Crippen molar-refractivity contribution in [3.8, 4) is 5.75 Å². The summed E-state index contributed by atoms with van der Waals surface area (Å²) in [6.45, 7) is 2.47. The highest BCUT2D eigenvalue weighted by molar-refractivity contribution is 7.33. The average Bonchev–Trinajstić information content (AvgIpc) is 3.02. The highest BCUT2D eigenvalue weighted by Crippen LogP contribution is 2.43. The minimum absolute atomic E-state index is 0.0186. The Morgan fingerprint density at radius 2 is 2.06 bits per heavy atom. The third-order valence-electron chi connectivity index (χ3n) is 5.20. The standard InChI is InChI=1S/C20H22ClFN3O9P/c1-3-12(16(28)29)24-35(31)34-17(32-11-6-4-10(21)5-7-11)14-15(27)20(2,22)18(33-14)25-9-8-13(26)23-19(25)30/h4-9,12,14-15,17-18,27H,3H2,1-2H3,(H,28,29)(H,23,26,30)/t12-,14+,15+,17?,18+,20+/m0/s1. The molecule has 1 aliphatic rings. The number of hydrogen-bond donors (Lipinski definition) is 3. The van der Waals surface area contributed by atoms with E-state index in [9.17, 15) is 24.4 Å². The molecule has 190 valence electrons. The average molecular weight is 534 g/mol. The van der Waals surface area contributed by atoms with Gasteiger partial charge in [-0.25, -0.2) is 14.0 Å². The number of hydrogen-bond acceptors (Lipinski definition) is 9. The fraction of sp³-hybridized carbons (Fsp3) is 0.450. The molecule has 12 nitrogen and oxygen atoms in total. The summed E-state index contributed by atoms with van der Waals surface area (Å²) in [5, 5.41) is 20.2. The van der Waals surface area contributed by atoms with Crippen molar-refractivity contribution in [3.05, 3.63) is 62.4 Å². The van der Waals surface area contributed by atoms with Crippen molar-refractivity contribution in [1.29, 1.82) is 0 Å². The molecule has 2 heterocycles. The van der Waals surface area contributed by atoms with Crippen molar-refractivity contribution >= 4 is 25.7 Å². The van der Waals surface area contributed by atoms with Crippen LogP contribution in [0, 0.1) is 0 Å². The van der Waals surface area contributed by atoms with Crippen LogP contribution in [0.1, 0.15) is 26.5 Å². The SMILES string of the molecule is CC[C@H](N=[P+]([O-])OC(Oc1ccc(Cl)cc1)[C@@H]1O[C@@H](n2ccc(=O)[nH]c2=O)[C@](C)(F)[C@@H]1O)C(=O)O. The van der Waals surface area contributed by atoms with Gasteiger partial charge in [0.05, 0.1) is 0 Å². The Kier molecular flexibility index (Phi) is 8.42. The Hall–Kier alpha value is -2.67. The van der Waals surface area contributed by atoms with Crippen molar-refractivity contribution in [2.45, 2.75) is 56.7 Å². The third kappa shape index (κ3) is 6.13. The van der Waals surface area contributed by atoms with Gasteiger partial charge in [-0.05, 0) is 37.6 Å². The van der Waals surface area contributed by atoms with Crippen LogP contribution < -0.4 is 20.9 Å². The molecule has 1 aromatic carbocycles. The number of carbonyl (C=O) groups is 1. The number of halogens is 2. The van der Waals surface area contributed by atoms with Crippen molar-refractivity contribution in [2.24, 2.45) is 4.74 Å². The first-order valence-electron chi connectivity index (χ1n) is 10.3. The first-order valence-corrected chi connectivity index (χ1v) is 11.8. The van der Waals surface area contributed by atoms with Gasteiger partial charge in [-0.15, -0.1) is 4.52 Å². The molecule has 1 aromatic heterocycles. The molecule has 1 saturated heterocycles. The number of aliphatic hydroxyl groups excluding tert-OH is 1. The van der Waals surface area contributed by atoms with Crippen molar-refractivity contribution in [3.63, 3.8) is 0 Å². The summed E-state index contributed by atoms with van der Waals surface area (Å²) in [6, 6.07) is 5.37. The van der Waals surface area contributed by atoms with Gasteiger partial charge >= 0.3 is 19.8 Å². The number of nitrogens with zero attached hydrogens (tertiary/aromatic N) is 2. The molecule has 3 rings (SSSR count). The summed E-state index contributed by atoms with van der Waals surface area (Å²) in [4.78, 5) is 49.3. The van der Waals surface area contributed by atoms with Crippen molar-refractivity contribution < 1.29 is 38.3 Å². The number of benzene rings is 1. The summed E-state index contributed by atoms with van der Waals surface area (Å²) in [7, 11) is -3.03. The molecule has 15 heteroatoms. The minimum Gasteiger partial charge on any atom is -0.583 e. The van der Waals surface area contributed by atoms with E-state index in [1.807, 2.05) is 4.98 Å². The lowest BCUT2D eigenvalue weighted by molar-refractivity contribution is -0.206.